The Hall–Kier alpha value is -1.70. The molecule has 2 aromatic rings. The lowest BCUT2D eigenvalue weighted by Gasteiger charge is -2.34. The average Bonchev–Trinajstić information content (AvgIpc) is 3.22. The molecule has 7 heteroatoms. The highest BCUT2D eigenvalue weighted by Crippen LogP contribution is 2.39. The molecule has 0 spiro atoms. The summed E-state index contributed by atoms with van der Waals surface area (Å²) < 4.78 is 0. The molecule has 0 fully saturated rings. The maximum atomic E-state index is 12.3. The van der Waals surface area contributed by atoms with Crippen molar-refractivity contribution in [3.05, 3.63) is 44.3 Å². The van der Waals surface area contributed by atoms with Crippen molar-refractivity contribution in [2.24, 2.45) is 0 Å². The lowest BCUT2D eigenvalue weighted by Crippen LogP contribution is -2.44. The molecular weight excluding hydrogens is 342 g/mol. The average molecular weight is 364 g/mol. The highest BCUT2D eigenvalue weighted by molar-refractivity contribution is 7.10. The van der Waals surface area contributed by atoms with E-state index in [0.717, 1.165) is 13.0 Å². The van der Waals surface area contributed by atoms with E-state index in [4.69, 9.17) is 0 Å². The second-order valence-electron chi connectivity index (χ2n) is 5.77. The standard InChI is InChI=1S/C17H21N3O2S2/c1-12(21)18-6-7-19-16(22)11-20-8-4-14-13(5-10-24-14)17(20)15-3-2-9-23-15/h2-3,5,9-10,17H,4,6-8,11H2,1H3,(H,18,21)(H,19,22)/t17-/m1/s1. The van der Waals surface area contributed by atoms with Crippen molar-refractivity contribution < 1.29 is 9.59 Å². The van der Waals surface area contributed by atoms with Gasteiger partial charge in [-0.05, 0) is 34.9 Å². The van der Waals surface area contributed by atoms with Crippen LogP contribution in [0.25, 0.3) is 0 Å². The molecule has 0 aliphatic carbocycles. The van der Waals surface area contributed by atoms with Gasteiger partial charge >= 0.3 is 0 Å². The fourth-order valence-corrected chi connectivity index (χ4v) is 4.78. The number of thiophene rings is 2. The summed E-state index contributed by atoms with van der Waals surface area (Å²) in [6, 6.07) is 6.56. The van der Waals surface area contributed by atoms with E-state index in [2.05, 4.69) is 44.5 Å². The number of carbonyl (C=O) groups excluding carboxylic acids is 2. The number of hydrogen-bond donors (Lipinski definition) is 2. The Balaban J connectivity index is 1.64. The quantitative estimate of drug-likeness (QED) is 0.772. The molecule has 1 aliphatic rings. The summed E-state index contributed by atoms with van der Waals surface area (Å²) in [4.78, 5) is 28.1. The van der Waals surface area contributed by atoms with E-state index in [1.165, 1.54) is 22.2 Å². The largest absolute Gasteiger partial charge is 0.355 e. The molecule has 1 atom stereocenters. The number of nitrogens with one attached hydrogen (secondary N) is 2. The van der Waals surface area contributed by atoms with Gasteiger partial charge in [0.05, 0.1) is 12.6 Å². The van der Waals surface area contributed by atoms with E-state index in [0.29, 0.717) is 19.6 Å². The third kappa shape index (κ3) is 4.03. The predicted molar refractivity (Wildman–Crippen MR) is 97.5 cm³/mol. The molecule has 0 unspecified atom stereocenters. The Labute approximate surface area is 149 Å². The van der Waals surface area contributed by atoms with E-state index in [-0.39, 0.29) is 17.9 Å². The second-order valence-corrected chi connectivity index (χ2v) is 7.75. The molecule has 3 rings (SSSR count). The highest BCUT2D eigenvalue weighted by atomic mass is 32.1. The van der Waals surface area contributed by atoms with Crippen molar-refractivity contribution in [3.63, 3.8) is 0 Å². The summed E-state index contributed by atoms with van der Waals surface area (Å²) in [6.45, 7) is 3.65. The Morgan fingerprint density at radius 2 is 2.04 bits per heavy atom. The van der Waals surface area contributed by atoms with E-state index in [9.17, 15) is 9.59 Å². The van der Waals surface area contributed by atoms with Crippen molar-refractivity contribution in [1.82, 2.24) is 15.5 Å². The number of amides is 2. The van der Waals surface area contributed by atoms with Crippen LogP contribution in [0.5, 0.6) is 0 Å². The van der Waals surface area contributed by atoms with Crippen molar-refractivity contribution in [3.8, 4) is 0 Å². The Bertz CT molecular complexity index is 697. The van der Waals surface area contributed by atoms with Gasteiger partial charge in [0.15, 0.2) is 0 Å². The molecule has 1 aliphatic heterocycles. The monoisotopic (exact) mass is 363 g/mol. The van der Waals surface area contributed by atoms with Crippen LogP contribution in [0, 0.1) is 0 Å². The van der Waals surface area contributed by atoms with Crippen LogP contribution in [0.15, 0.2) is 29.0 Å². The summed E-state index contributed by atoms with van der Waals surface area (Å²) in [5.74, 6) is -0.0800. The summed E-state index contributed by atoms with van der Waals surface area (Å²) in [5, 5.41) is 9.79. The zero-order valence-corrected chi connectivity index (χ0v) is 15.2. The summed E-state index contributed by atoms with van der Waals surface area (Å²) in [6.07, 6.45) is 0.994. The van der Waals surface area contributed by atoms with Gasteiger partial charge in [-0.2, -0.15) is 0 Å². The van der Waals surface area contributed by atoms with Gasteiger partial charge in [0, 0.05) is 36.3 Å². The molecule has 2 amide bonds. The molecule has 2 N–H and O–H groups in total. The van der Waals surface area contributed by atoms with Crippen molar-refractivity contribution in [2.75, 3.05) is 26.2 Å². The zero-order chi connectivity index (χ0) is 16.9. The Morgan fingerprint density at radius 3 is 2.79 bits per heavy atom. The third-order valence-electron chi connectivity index (χ3n) is 4.05. The number of rotatable bonds is 6. The van der Waals surface area contributed by atoms with Crippen LogP contribution in [-0.2, 0) is 16.0 Å². The maximum absolute atomic E-state index is 12.3. The molecule has 2 aromatic heterocycles. The summed E-state index contributed by atoms with van der Waals surface area (Å²) in [5.41, 5.74) is 1.33. The molecule has 5 nitrogen and oxygen atoms in total. The first-order valence-electron chi connectivity index (χ1n) is 8.00. The highest BCUT2D eigenvalue weighted by Gasteiger charge is 2.31. The van der Waals surface area contributed by atoms with E-state index >= 15 is 0 Å². The minimum atomic E-state index is -0.0805. The van der Waals surface area contributed by atoms with Gasteiger partial charge in [0.25, 0.3) is 0 Å². The molecule has 0 aromatic carbocycles. The molecule has 0 radical (unpaired) electrons. The van der Waals surface area contributed by atoms with Crippen LogP contribution in [0.4, 0.5) is 0 Å². The molecule has 0 saturated carbocycles. The van der Waals surface area contributed by atoms with Crippen molar-refractivity contribution >= 4 is 34.5 Å². The fourth-order valence-electron chi connectivity index (χ4n) is 3.00. The predicted octanol–water partition coefficient (Wildman–Crippen LogP) is 2.01. The van der Waals surface area contributed by atoms with Gasteiger partial charge in [0.1, 0.15) is 0 Å². The molecule has 3 heterocycles. The molecular formula is C17H21N3O2S2. The Kier molecular flexibility index (Phi) is 5.65. The van der Waals surface area contributed by atoms with Crippen LogP contribution < -0.4 is 10.6 Å². The van der Waals surface area contributed by atoms with Gasteiger partial charge in [-0.1, -0.05) is 6.07 Å². The lowest BCUT2D eigenvalue weighted by atomic mass is 9.98. The minimum Gasteiger partial charge on any atom is -0.355 e. The topological polar surface area (TPSA) is 61.4 Å². The first kappa shape index (κ1) is 17.1. The van der Waals surface area contributed by atoms with Crippen molar-refractivity contribution in [2.45, 2.75) is 19.4 Å². The van der Waals surface area contributed by atoms with E-state index in [1.807, 2.05) is 0 Å². The van der Waals surface area contributed by atoms with E-state index in [1.54, 1.807) is 22.7 Å². The van der Waals surface area contributed by atoms with Gasteiger partial charge in [-0.3, -0.25) is 14.5 Å². The molecule has 24 heavy (non-hydrogen) atoms. The van der Waals surface area contributed by atoms with Crippen LogP contribution in [-0.4, -0.2) is 42.9 Å². The smallest absolute Gasteiger partial charge is 0.234 e. The van der Waals surface area contributed by atoms with Crippen LogP contribution >= 0.6 is 22.7 Å². The number of carbonyl (C=O) groups is 2. The number of hydrogen-bond acceptors (Lipinski definition) is 5. The second kappa shape index (κ2) is 7.92. The third-order valence-corrected chi connectivity index (χ3v) is 5.97. The summed E-state index contributed by atoms with van der Waals surface area (Å²) in [7, 11) is 0. The van der Waals surface area contributed by atoms with Crippen LogP contribution in [0.2, 0.25) is 0 Å². The zero-order valence-electron chi connectivity index (χ0n) is 13.6. The van der Waals surface area contributed by atoms with Crippen LogP contribution in [0.3, 0.4) is 0 Å². The van der Waals surface area contributed by atoms with E-state index < -0.39 is 0 Å². The molecule has 0 bridgehead atoms. The van der Waals surface area contributed by atoms with Crippen LogP contribution in [0.1, 0.15) is 28.3 Å². The molecule has 128 valence electrons. The van der Waals surface area contributed by atoms with Gasteiger partial charge in [-0.15, -0.1) is 22.7 Å². The Morgan fingerprint density at radius 1 is 1.21 bits per heavy atom. The minimum absolute atomic E-state index is 0.000544. The summed E-state index contributed by atoms with van der Waals surface area (Å²) >= 11 is 3.54. The van der Waals surface area contributed by atoms with Gasteiger partial charge < -0.3 is 10.6 Å². The first-order chi connectivity index (χ1) is 11.6. The molecule has 0 saturated heterocycles. The first-order valence-corrected chi connectivity index (χ1v) is 9.76. The lowest BCUT2D eigenvalue weighted by molar-refractivity contribution is -0.123. The SMILES string of the molecule is CC(=O)NCCNC(=O)CN1CCc2sccc2[C@@H]1c1cccs1. The maximum Gasteiger partial charge on any atom is 0.234 e. The van der Waals surface area contributed by atoms with Gasteiger partial charge in [0.2, 0.25) is 11.8 Å². The number of nitrogens with zero attached hydrogens (tertiary/aromatic N) is 1. The number of fused-ring (bicyclic) bond motifs is 1. The fraction of sp³-hybridized carbons (Fsp3) is 0.412. The normalized spacial score (nSPS) is 17.3. The van der Waals surface area contributed by atoms with Gasteiger partial charge in [-0.25, -0.2) is 0 Å². The van der Waals surface area contributed by atoms with Crippen molar-refractivity contribution in [1.29, 1.82) is 0 Å².